The van der Waals surface area contributed by atoms with Crippen LogP contribution >= 0.6 is 11.6 Å². The highest BCUT2D eigenvalue weighted by Gasteiger charge is 2.59. The molecule has 11 nitrogen and oxygen atoms in total. The molecular weight excluding hydrogens is 646 g/mol. The fourth-order valence-electron chi connectivity index (χ4n) is 8.41. The lowest BCUT2D eigenvalue weighted by molar-refractivity contribution is -0.167. The van der Waals surface area contributed by atoms with Gasteiger partial charge >= 0.3 is 0 Å². The number of hydrogen-bond acceptors (Lipinski definition) is 6. The number of piperazine rings is 1. The van der Waals surface area contributed by atoms with Crippen molar-refractivity contribution in [1.82, 2.24) is 25.0 Å². The molecule has 4 amide bonds. The van der Waals surface area contributed by atoms with E-state index in [2.05, 4.69) is 10.3 Å². The predicted octanol–water partition coefficient (Wildman–Crippen LogP) is 4.25. The Hall–Kier alpha value is -4.25. The van der Waals surface area contributed by atoms with Crippen LogP contribution in [0, 0.1) is 17.8 Å². The third kappa shape index (κ3) is 5.89. The number of fused-ring (bicyclic) bond motifs is 5. The van der Waals surface area contributed by atoms with Gasteiger partial charge in [-0.3, -0.25) is 19.2 Å². The molecule has 260 valence electrons. The maximum atomic E-state index is 14.8. The highest BCUT2D eigenvalue weighted by molar-refractivity contribution is 6.31. The maximum absolute atomic E-state index is 14.8. The molecule has 2 aromatic carbocycles. The second-order valence-electron chi connectivity index (χ2n) is 13.8. The van der Waals surface area contributed by atoms with Crippen LogP contribution in [0.3, 0.4) is 0 Å². The van der Waals surface area contributed by atoms with Gasteiger partial charge < -0.3 is 34.5 Å². The third-order valence-electron chi connectivity index (χ3n) is 11.1. The average molecular weight is 690 g/mol. The Morgan fingerprint density at radius 3 is 2.35 bits per heavy atom. The van der Waals surface area contributed by atoms with Crippen molar-refractivity contribution in [3.63, 3.8) is 0 Å². The zero-order valence-electron chi connectivity index (χ0n) is 28.4. The van der Waals surface area contributed by atoms with Crippen LogP contribution in [0.25, 0.3) is 10.9 Å². The fraction of sp³-hybridized carbons (Fsp3) is 0.514. The number of rotatable bonds is 9. The molecule has 3 atom stereocenters. The van der Waals surface area contributed by atoms with Crippen LogP contribution in [0.2, 0.25) is 5.02 Å². The highest BCUT2D eigenvalue weighted by Crippen LogP contribution is 2.52. The highest BCUT2D eigenvalue weighted by atomic mass is 35.5. The molecule has 2 N–H and O–H groups in total. The van der Waals surface area contributed by atoms with E-state index >= 15 is 0 Å². The van der Waals surface area contributed by atoms with Crippen molar-refractivity contribution in [1.29, 1.82) is 0 Å². The maximum Gasteiger partial charge on any atom is 0.228 e. The number of amides is 4. The van der Waals surface area contributed by atoms with Crippen molar-refractivity contribution >= 4 is 46.1 Å². The molecule has 4 heterocycles. The summed E-state index contributed by atoms with van der Waals surface area (Å²) in [5.74, 6) is -0.127. The average Bonchev–Trinajstić information content (AvgIpc) is 3.91. The molecule has 3 fully saturated rings. The van der Waals surface area contributed by atoms with Crippen molar-refractivity contribution in [2.24, 2.45) is 17.8 Å². The number of nitrogens with zero attached hydrogens (tertiary/aromatic N) is 3. The second kappa shape index (κ2) is 13.2. The number of carbonyl (C=O) groups excluding carboxylic acids is 4. The monoisotopic (exact) mass is 689 g/mol. The minimum absolute atomic E-state index is 0.0228. The first-order valence-corrected chi connectivity index (χ1v) is 17.7. The van der Waals surface area contributed by atoms with E-state index in [1.807, 2.05) is 52.0 Å². The Morgan fingerprint density at radius 1 is 0.959 bits per heavy atom. The Labute approximate surface area is 291 Å². The van der Waals surface area contributed by atoms with Gasteiger partial charge in [0.2, 0.25) is 23.6 Å². The molecule has 12 heteroatoms. The van der Waals surface area contributed by atoms with E-state index < -0.39 is 17.4 Å². The largest absolute Gasteiger partial charge is 0.493 e. The summed E-state index contributed by atoms with van der Waals surface area (Å²) >= 11 is 6.43. The van der Waals surface area contributed by atoms with Crippen molar-refractivity contribution in [3.05, 3.63) is 58.2 Å². The van der Waals surface area contributed by atoms with Crippen molar-refractivity contribution in [2.75, 3.05) is 46.9 Å². The number of ether oxygens (including phenoxy) is 2. The number of hydrogen-bond donors (Lipinski definition) is 2. The van der Waals surface area contributed by atoms with Crippen molar-refractivity contribution < 1.29 is 28.7 Å². The summed E-state index contributed by atoms with van der Waals surface area (Å²) in [6.45, 7) is 4.66. The molecular formula is C37H44ClN5O6. The van der Waals surface area contributed by atoms with Crippen LogP contribution in [-0.2, 0) is 37.7 Å². The summed E-state index contributed by atoms with van der Waals surface area (Å²) in [5.41, 5.74) is 2.84. The smallest absolute Gasteiger partial charge is 0.228 e. The van der Waals surface area contributed by atoms with E-state index in [4.69, 9.17) is 21.1 Å². The number of nitrogens with one attached hydrogen (secondary N) is 2. The summed E-state index contributed by atoms with van der Waals surface area (Å²) in [5, 5.41) is 4.61. The van der Waals surface area contributed by atoms with Crippen LogP contribution in [-0.4, -0.2) is 90.3 Å². The Bertz CT molecular complexity index is 1800. The topological polar surface area (TPSA) is 124 Å². The van der Waals surface area contributed by atoms with E-state index in [1.54, 1.807) is 20.3 Å². The number of H-pyrrole nitrogens is 1. The standard InChI is InChI=1S/C37H44ClN5O6/c1-4-37-28(36(47)42-15-13-41(14-16-42)34(45)23-6-7-23)18-24(19-32(44)39-21-22-5-10-30(48-2)31(17-22)49-3)35(46)43(37)12-11-26-27-20-25(38)8-9-29(27)40-33(26)37/h5,8-10,17,20,23-24,28,40H,4,6-7,11-16,18-19,21H2,1-3H3,(H,39,44)/t24-,28-,37+/m1/s1. The summed E-state index contributed by atoms with van der Waals surface area (Å²) in [4.78, 5) is 64.6. The lowest BCUT2D eigenvalue weighted by Crippen LogP contribution is -2.66. The van der Waals surface area contributed by atoms with Crippen LogP contribution in [0.1, 0.15) is 55.8 Å². The molecule has 7 rings (SSSR count). The molecule has 0 radical (unpaired) electrons. The summed E-state index contributed by atoms with van der Waals surface area (Å²) in [7, 11) is 3.13. The van der Waals surface area contributed by atoms with Gasteiger partial charge in [-0.25, -0.2) is 0 Å². The zero-order chi connectivity index (χ0) is 34.4. The fourth-order valence-corrected chi connectivity index (χ4v) is 8.58. The number of methoxy groups -OCH3 is 2. The Morgan fingerprint density at radius 2 is 1.67 bits per heavy atom. The van der Waals surface area contributed by atoms with Gasteiger partial charge in [-0.05, 0) is 73.6 Å². The van der Waals surface area contributed by atoms with Crippen molar-refractivity contribution in [3.8, 4) is 11.5 Å². The first-order valence-electron chi connectivity index (χ1n) is 17.4. The van der Waals surface area contributed by atoms with Gasteiger partial charge in [-0.1, -0.05) is 24.6 Å². The van der Waals surface area contributed by atoms with Crippen LogP contribution in [0.5, 0.6) is 11.5 Å². The third-order valence-corrected chi connectivity index (χ3v) is 11.4. The van der Waals surface area contributed by atoms with Crippen LogP contribution < -0.4 is 14.8 Å². The minimum atomic E-state index is -0.902. The Balaban J connectivity index is 1.16. The molecule has 3 aromatic rings. The van der Waals surface area contributed by atoms with E-state index in [1.165, 1.54) is 0 Å². The van der Waals surface area contributed by atoms with Crippen LogP contribution in [0.4, 0.5) is 0 Å². The SMILES string of the molecule is CC[C@]12c3[nH]c4ccc(Cl)cc4c3CCN1C(=O)[C@@H](CC(=O)NCc1ccc(OC)c(OC)c1)C[C@@H]2C(=O)N1CCN(C(=O)C2CC2)CC1. The molecule has 2 saturated heterocycles. The van der Waals surface area contributed by atoms with E-state index in [-0.39, 0.29) is 48.9 Å². The molecule has 1 aliphatic carbocycles. The number of benzene rings is 2. The summed E-state index contributed by atoms with van der Waals surface area (Å²) < 4.78 is 10.7. The van der Waals surface area contributed by atoms with Gasteiger partial charge in [0.25, 0.3) is 0 Å². The van der Waals surface area contributed by atoms with E-state index in [0.717, 1.165) is 40.6 Å². The molecule has 49 heavy (non-hydrogen) atoms. The normalized spacial score (nSPS) is 23.6. The minimum Gasteiger partial charge on any atom is -0.493 e. The van der Waals surface area contributed by atoms with Gasteiger partial charge in [0, 0.05) is 79.1 Å². The van der Waals surface area contributed by atoms with Gasteiger partial charge in [-0.2, -0.15) is 0 Å². The van der Waals surface area contributed by atoms with Crippen LogP contribution in [0.15, 0.2) is 36.4 Å². The predicted molar refractivity (Wildman–Crippen MR) is 184 cm³/mol. The van der Waals surface area contributed by atoms with E-state index in [0.29, 0.717) is 62.1 Å². The number of aromatic amines is 1. The molecule has 0 unspecified atom stereocenters. The molecule has 4 aliphatic rings. The van der Waals surface area contributed by atoms with Gasteiger partial charge in [0.15, 0.2) is 11.5 Å². The molecule has 1 saturated carbocycles. The zero-order valence-corrected chi connectivity index (χ0v) is 29.1. The number of carbonyl (C=O) groups is 4. The van der Waals surface area contributed by atoms with Gasteiger partial charge in [0.05, 0.1) is 25.7 Å². The molecule has 0 spiro atoms. The van der Waals surface area contributed by atoms with Crippen molar-refractivity contribution in [2.45, 2.75) is 57.5 Å². The Kier molecular flexibility index (Phi) is 8.98. The molecule has 3 aliphatic heterocycles. The quantitative estimate of drug-likeness (QED) is 0.346. The number of halogens is 1. The molecule has 1 aromatic heterocycles. The summed E-state index contributed by atoms with van der Waals surface area (Å²) in [6.07, 6.45) is 3.27. The first kappa shape index (κ1) is 33.3. The van der Waals surface area contributed by atoms with Gasteiger partial charge in [0.1, 0.15) is 0 Å². The van der Waals surface area contributed by atoms with Gasteiger partial charge in [-0.15, -0.1) is 0 Å². The lowest BCUT2D eigenvalue weighted by atomic mass is 9.65. The summed E-state index contributed by atoms with van der Waals surface area (Å²) in [6, 6.07) is 11.2. The lowest BCUT2D eigenvalue weighted by Gasteiger charge is -2.56. The van der Waals surface area contributed by atoms with E-state index in [9.17, 15) is 19.2 Å². The number of piperidine rings is 1. The second-order valence-corrected chi connectivity index (χ2v) is 14.2. The molecule has 0 bridgehead atoms. The number of aromatic nitrogens is 1. The first-order chi connectivity index (χ1) is 23.7.